The molecule has 112 valence electrons. The molecule has 0 saturated heterocycles. The van der Waals surface area contributed by atoms with Crippen molar-refractivity contribution in [3.63, 3.8) is 0 Å². The summed E-state index contributed by atoms with van der Waals surface area (Å²) in [6.45, 7) is 3.30. The molecule has 1 rings (SSSR count). The number of hydrogen-bond acceptors (Lipinski definition) is 5. The summed E-state index contributed by atoms with van der Waals surface area (Å²) in [5.74, 6) is 0. The number of nitrogens with zero attached hydrogens (tertiary/aromatic N) is 1. The van der Waals surface area contributed by atoms with Gasteiger partial charge in [-0.25, -0.2) is 13.1 Å². The Labute approximate surface area is 117 Å². The van der Waals surface area contributed by atoms with Crippen LogP contribution in [0.25, 0.3) is 0 Å². The van der Waals surface area contributed by atoms with Crippen molar-refractivity contribution >= 4 is 15.7 Å². The largest absolute Gasteiger partial charge is 0.392 e. The van der Waals surface area contributed by atoms with Gasteiger partial charge in [0.2, 0.25) is 10.0 Å². The summed E-state index contributed by atoms with van der Waals surface area (Å²) in [5.41, 5.74) is 0.141. The molecule has 0 amide bonds. The molecule has 0 spiro atoms. The molecule has 0 bridgehead atoms. The average Bonchev–Trinajstić information content (AvgIpc) is 2.37. The van der Waals surface area contributed by atoms with E-state index in [-0.39, 0.29) is 17.1 Å². The average molecular weight is 302 g/mol. The zero-order chi connectivity index (χ0) is 15.3. The van der Waals surface area contributed by atoms with Crippen molar-refractivity contribution in [2.75, 3.05) is 6.54 Å². The first kappa shape index (κ1) is 16.5. The van der Waals surface area contributed by atoms with E-state index in [1.807, 2.05) is 6.92 Å². The molecule has 0 aliphatic heterocycles. The summed E-state index contributed by atoms with van der Waals surface area (Å²) >= 11 is 0. The van der Waals surface area contributed by atoms with Crippen molar-refractivity contribution in [2.45, 2.75) is 37.7 Å². The van der Waals surface area contributed by atoms with Crippen LogP contribution in [0.1, 0.15) is 25.3 Å². The Morgan fingerprint density at radius 3 is 2.65 bits per heavy atom. The van der Waals surface area contributed by atoms with Crippen LogP contribution in [-0.2, 0) is 10.0 Å². The van der Waals surface area contributed by atoms with Gasteiger partial charge in [-0.2, -0.15) is 0 Å². The highest BCUT2D eigenvalue weighted by Crippen LogP contribution is 2.22. The van der Waals surface area contributed by atoms with Crippen LogP contribution in [-0.4, -0.2) is 31.1 Å². The fourth-order valence-corrected chi connectivity index (χ4v) is 2.77. The third-order valence-corrected chi connectivity index (χ3v) is 4.24. The fourth-order valence-electron chi connectivity index (χ4n) is 1.68. The zero-order valence-electron chi connectivity index (χ0n) is 11.4. The van der Waals surface area contributed by atoms with Gasteiger partial charge >= 0.3 is 0 Å². The normalized spacial score (nSPS) is 13.2. The van der Waals surface area contributed by atoms with Gasteiger partial charge in [0.15, 0.2) is 0 Å². The summed E-state index contributed by atoms with van der Waals surface area (Å²) in [4.78, 5) is 10.00. The molecule has 0 aliphatic rings. The summed E-state index contributed by atoms with van der Waals surface area (Å²) in [6, 6.07) is 3.70. The molecular formula is C12H18N2O5S. The first-order valence-electron chi connectivity index (χ1n) is 6.20. The van der Waals surface area contributed by atoms with E-state index in [9.17, 15) is 23.6 Å². The van der Waals surface area contributed by atoms with Gasteiger partial charge in [0.25, 0.3) is 5.69 Å². The van der Waals surface area contributed by atoms with Gasteiger partial charge in [-0.05, 0) is 19.4 Å². The highest BCUT2D eigenvalue weighted by atomic mass is 32.2. The molecule has 1 unspecified atom stereocenters. The molecule has 1 aromatic rings. The van der Waals surface area contributed by atoms with Crippen LogP contribution in [0, 0.1) is 17.0 Å². The van der Waals surface area contributed by atoms with Crippen molar-refractivity contribution in [3.8, 4) is 0 Å². The van der Waals surface area contributed by atoms with E-state index in [0.717, 1.165) is 12.5 Å². The fraction of sp³-hybridized carbons (Fsp3) is 0.500. The van der Waals surface area contributed by atoms with Crippen LogP contribution in [0.15, 0.2) is 23.1 Å². The maximum atomic E-state index is 12.0. The summed E-state index contributed by atoms with van der Waals surface area (Å²) in [6.07, 6.45) is 0.449. The van der Waals surface area contributed by atoms with Crippen LogP contribution in [0.3, 0.4) is 0 Å². The predicted octanol–water partition coefficient (Wildman–Crippen LogP) is 1.34. The van der Waals surface area contributed by atoms with Gasteiger partial charge in [-0.15, -0.1) is 0 Å². The molecule has 0 saturated carbocycles. The summed E-state index contributed by atoms with van der Waals surface area (Å²) in [5, 5.41) is 20.3. The Bertz CT molecular complexity index is 586. The molecule has 7 nitrogen and oxygen atoms in total. The molecule has 0 fully saturated rings. The molecule has 20 heavy (non-hydrogen) atoms. The summed E-state index contributed by atoms with van der Waals surface area (Å²) in [7, 11) is -3.86. The molecular weight excluding hydrogens is 284 g/mol. The van der Waals surface area contributed by atoms with Crippen LogP contribution in [0.4, 0.5) is 5.69 Å². The van der Waals surface area contributed by atoms with Crippen LogP contribution in [0.5, 0.6) is 0 Å². The second kappa shape index (κ2) is 6.78. The monoisotopic (exact) mass is 302 g/mol. The number of aryl methyl sites for hydroxylation is 1. The molecule has 0 aliphatic carbocycles. The second-order valence-corrected chi connectivity index (χ2v) is 6.27. The number of rotatable bonds is 7. The van der Waals surface area contributed by atoms with Gasteiger partial charge in [-0.3, -0.25) is 10.1 Å². The molecule has 1 aromatic carbocycles. The van der Waals surface area contributed by atoms with E-state index in [4.69, 9.17) is 0 Å². The van der Waals surface area contributed by atoms with Crippen LogP contribution in [0.2, 0.25) is 0 Å². The van der Waals surface area contributed by atoms with Gasteiger partial charge in [0, 0.05) is 18.2 Å². The quantitative estimate of drug-likeness (QED) is 0.583. The number of hydrogen-bond donors (Lipinski definition) is 2. The maximum Gasteiger partial charge on any atom is 0.273 e. The Morgan fingerprint density at radius 1 is 1.45 bits per heavy atom. The minimum absolute atomic E-state index is 0.113. The van der Waals surface area contributed by atoms with E-state index >= 15 is 0 Å². The van der Waals surface area contributed by atoms with Gasteiger partial charge < -0.3 is 5.11 Å². The van der Waals surface area contributed by atoms with Gasteiger partial charge in [-0.1, -0.05) is 19.4 Å². The van der Waals surface area contributed by atoms with Crippen molar-refractivity contribution in [1.29, 1.82) is 0 Å². The lowest BCUT2D eigenvalue weighted by Crippen LogP contribution is -2.32. The van der Waals surface area contributed by atoms with Crippen molar-refractivity contribution < 1.29 is 18.4 Å². The lowest BCUT2D eigenvalue weighted by molar-refractivity contribution is -0.385. The first-order valence-corrected chi connectivity index (χ1v) is 7.69. The Morgan fingerprint density at radius 2 is 2.10 bits per heavy atom. The highest BCUT2D eigenvalue weighted by molar-refractivity contribution is 7.89. The van der Waals surface area contributed by atoms with Gasteiger partial charge in [0.05, 0.1) is 15.9 Å². The highest BCUT2D eigenvalue weighted by Gasteiger charge is 2.20. The standard InChI is InChI=1S/C12H18N2O5S/c1-3-4-10(15)8-13-20(18,19)11-6-5-9(2)12(7-11)14(16)17/h5-7,10,13,15H,3-4,8H2,1-2H3. The first-order chi connectivity index (χ1) is 9.27. The van der Waals surface area contributed by atoms with Crippen LogP contribution >= 0.6 is 0 Å². The Kier molecular flexibility index (Phi) is 5.61. The van der Waals surface area contributed by atoms with Crippen molar-refractivity contribution in [2.24, 2.45) is 0 Å². The topological polar surface area (TPSA) is 110 Å². The molecule has 8 heteroatoms. The predicted molar refractivity (Wildman–Crippen MR) is 73.9 cm³/mol. The van der Waals surface area contributed by atoms with E-state index in [0.29, 0.717) is 12.0 Å². The number of nitrogens with one attached hydrogen (secondary N) is 1. The third-order valence-electron chi connectivity index (χ3n) is 2.82. The number of aliphatic hydroxyl groups is 1. The maximum absolute atomic E-state index is 12.0. The van der Waals surface area contributed by atoms with E-state index in [1.165, 1.54) is 19.1 Å². The lowest BCUT2D eigenvalue weighted by atomic mass is 10.2. The molecule has 2 N–H and O–H groups in total. The Hall–Kier alpha value is -1.51. The zero-order valence-corrected chi connectivity index (χ0v) is 12.2. The molecule has 0 heterocycles. The number of nitro groups is 1. The van der Waals surface area contributed by atoms with E-state index in [2.05, 4.69) is 4.72 Å². The van der Waals surface area contributed by atoms with Crippen molar-refractivity contribution in [3.05, 3.63) is 33.9 Å². The van der Waals surface area contributed by atoms with Gasteiger partial charge in [0.1, 0.15) is 0 Å². The smallest absolute Gasteiger partial charge is 0.273 e. The number of sulfonamides is 1. The van der Waals surface area contributed by atoms with E-state index < -0.39 is 21.1 Å². The second-order valence-electron chi connectivity index (χ2n) is 4.50. The minimum Gasteiger partial charge on any atom is -0.392 e. The van der Waals surface area contributed by atoms with Crippen molar-refractivity contribution in [1.82, 2.24) is 4.72 Å². The summed E-state index contributed by atoms with van der Waals surface area (Å²) < 4.78 is 26.2. The third kappa shape index (κ3) is 4.26. The molecule has 0 aromatic heterocycles. The number of aliphatic hydroxyl groups excluding tert-OH is 1. The number of benzene rings is 1. The Balaban J connectivity index is 2.93. The number of nitro benzene ring substituents is 1. The molecule has 1 atom stereocenters. The van der Waals surface area contributed by atoms with Crippen LogP contribution < -0.4 is 4.72 Å². The van der Waals surface area contributed by atoms with E-state index in [1.54, 1.807) is 0 Å². The minimum atomic E-state index is -3.86. The molecule has 0 radical (unpaired) electrons. The lowest BCUT2D eigenvalue weighted by Gasteiger charge is -2.11. The SMILES string of the molecule is CCCC(O)CNS(=O)(=O)c1ccc(C)c([N+](=O)[O-])c1.